The molecular weight excluding hydrogens is 821 g/mol. The lowest BCUT2D eigenvalue weighted by Crippen LogP contribution is -2.09. The van der Waals surface area contributed by atoms with Crippen LogP contribution in [0.5, 0.6) is 0 Å². The fraction of sp³-hybridized carbons (Fsp3) is 0. The lowest BCUT2D eigenvalue weighted by atomic mass is 10.0. The predicted molar refractivity (Wildman–Crippen MR) is 274 cm³/mol. The number of nitrogens with zero attached hydrogens (tertiary/aromatic N) is 2. The molecule has 0 aliphatic carbocycles. The number of benzene rings is 10. The molecule has 64 heavy (non-hydrogen) atoms. The van der Waals surface area contributed by atoms with Crippen molar-refractivity contribution in [1.29, 1.82) is 0 Å². The summed E-state index contributed by atoms with van der Waals surface area (Å²) in [4.78, 5) is 4.64. The van der Waals surface area contributed by atoms with Crippen LogP contribution in [0.3, 0.4) is 0 Å². The van der Waals surface area contributed by atoms with E-state index >= 15 is 0 Å². The van der Waals surface area contributed by atoms with Crippen LogP contribution in [0.2, 0.25) is 0 Å². The minimum absolute atomic E-state index is 0.850. The van der Waals surface area contributed by atoms with Gasteiger partial charge in [-0.2, -0.15) is 0 Å². The molecule has 0 N–H and O–H groups in total. The second-order valence-electron chi connectivity index (χ2n) is 16.5. The van der Waals surface area contributed by atoms with Crippen molar-refractivity contribution in [3.8, 4) is 0 Å². The normalized spacial score (nSPS) is 12.1. The van der Waals surface area contributed by atoms with Gasteiger partial charge < -0.3 is 18.6 Å². The maximum absolute atomic E-state index is 6.71. The Morgan fingerprint density at radius 3 is 1.08 bits per heavy atom. The summed E-state index contributed by atoms with van der Waals surface area (Å²) in [6.07, 6.45) is 0. The summed E-state index contributed by atoms with van der Waals surface area (Å²) in [6, 6.07) is 74.2. The molecule has 0 spiro atoms. The van der Waals surface area contributed by atoms with Gasteiger partial charge in [-0.3, -0.25) is 0 Å². The average molecular weight is 855 g/mol. The Morgan fingerprint density at radius 2 is 0.609 bits per heavy atom. The summed E-state index contributed by atoms with van der Waals surface area (Å²) >= 11 is 3.68. The molecule has 0 atom stereocenters. The Kier molecular flexibility index (Phi) is 7.69. The van der Waals surface area contributed by atoms with Crippen molar-refractivity contribution >= 4 is 152 Å². The fourth-order valence-electron chi connectivity index (χ4n) is 9.80. The van der Waals surface area contributed by atoms with Crippen LogP contribution < -0.4 is 9.80 Å². The van der Waals surface area contributed by atoms with Crippen LogP contribution in [-0.4, -0.2) is 0 Å². The fourth-order valence-corrected chi connectivity index (χ4v) is 12.1. The first-order chi connectivity index (χ1) is 31.7. The van der Waals surface area contributed by atoms with Gasteiger partial charge in [0.15, 0.2) is 0 Å². The zero-order chi connectivity index (χ0) is 41.9. The molecule has 0 saturated carbocycles. The summed E-state index contributed by atoms with van der Waals surface area (Å²) < 4.78 is 18.6. The highest BCUT2D eigenvalue weighted by molar-refractivity contribution is 7.26. The molecule has 4 nitrogen and oxygen atoms in total. The Bertz CT molecular complexity index is 3900. The summed E-state index contributed by atoms with van der Waals surface area (Å²) in [7, 11) is 0. The topological polar surface area (TPSA) is 32.8 Å². The van der Waals surface area contributed by atoms with Crippen molar-refractivity contribution in [3.63, 3.8) is 0 Å². The maximum Gasteiger partial charge on any atom is 0.137 e. The van der Waals surface area contributed by atoms with E-state index in [4.69, 9.17) is 8.83 Å². The van der Waals surface area contributed by atoms with Crippen molar-refractivity contribution in [2.24, 2.45) is 0 Å². The van der Waals surface area contributed by atoms with Gasteiger partial charge in [0.05, 0.1) is 0 Å². The molecule has 0 unspecified atom stereocenters. The third kappa shape index (κ3) is 5.53. The van der Waals surface area contributed by atoms with Gasteiger partial charge >= 0.3 is 0 Å². The van der Waals surface area contributed by atoms with Crippen LogP contribution in [0.25, 0.3) is 95.0 Å². The van der Waals surface area contributed by atoms with Crippen LogP contribution >= 0.6 is 22.7 Å². The molecule has 14 aromatic rings. The standard InChI is InChI=1S/C58H34N2O2S2/c1-3-11-37(12-4-1)59(41-21-25-47-45-15-7-9-17-55(45)63-57(47)33-41)39-19-23-43-49-27-35-28-50-44-24-20-40(32-54(44)62-52(50)30-36(35)29-51(49)61-53(43)31-39)60(38-13-5-2-6-14-38)42-22-26-48-46-16-8-10-18-56(46)64-58(48)34-42/h1-34H. The second-order valence-corrected chi connectivity index (χ2v) is 18.7. The van der Waals surface area contributed by atoms with Gasteiger partial charge in [0.1, 0.15) is 22.3 Å². The van der Waals surface area contributed by atoms with E-state index in [9.17, 15) is 0 Å². The maximum atomic E-state index is 6.71. The average Bonchev–Trinajstić information content (AvgIpc) is 4.10. The van der Waals surface area contributed by atoms with E-state index in [0.717, 1.165) is 88.8 Å². The van der Waals surface area contributed by atoms with Gasteiger partial charge in [-0.05, 0) is 120 Å². The number of thiophene rings is 2. The quantitative estimate of drug-likeness (QED) is 0.167. The van der Waals surface area contributed by atoms with Crippen molar-refractivity contribution in [1.82, 2.24) is 0 Å². The van der Waals surface area contributed by atoms with E-state index in [2.05, 4.69) is 216 Å². The number of hydrogen-bond acceptors (Lipinski definition) is 6. The highest BCUT2D eigenvalue weighted by Gasteiger charge is 2.20. The third-order valence-corrected chi connectivity index (χ3v) is 15.0. The lowest BCUT2D eigenvalue weighted by molar-refractivity contribution is 0.668. The molecule has 14 rings (SSSR count). The van der Waals surface area contributed by atoms with E-state index in [-0.39, 0.29) is 0 Å². The number of anilines is 6. The number of hydrogen-bond donors (Lipinski definition) is 0. The number of para-hydroxylation sites is 2. The van der Waals surface area contributed by atoms with Crippen LogP contribution in [0.4, 0.5) is 34.1 Å². The minimum Gasteiger partial charge on any atom is -0.456 e. The van der Waals surface area contributed by atoms with Crippen LogP contribution in [0.15, 0.2) is 215 Å². The van der Waals surface area contributed by atoms with Gasteiger partial charge in [-0.1, -0.05) is 84.9 Å². The Morgan fingerprint density at radius 1 is 0.250 bits per heavy atom. The largest absolute Gasteiger partial charge is 0.456 e. The molecule has 0 aliphatic rings. The van der Waals surface area contributed by atoms with Crippen molar-refractivity contribution in [2.45, 2.75) is 0 Å². The highest BCUT2D eigenvalue weighted by Crippen LogP contribution is 2.45. The third-order valence-electron chi connectivity index (χ3n) is 12.8. The van der Waals surface area contributed by atoms with Gasteiger partial charge in [-0.25, -0.2) is 0 Å². The number of furan rings is 2. The Labute approximate surface area is 374 Å². The summed E-state index contributed by atoms with van der Waals surface area (Å²) in [5.41, 5.74) is 9.87. The smallest absolute Gasteiger partial charge is 0.137 e. The molecule has 6 heteroatoms. The molecule has 0 fully saturated rings. The van der Waals surface area contributed by atoms with Crippen LogP contribution in [0, 0.1) is 0 Å². The second kappa shape index (κ2) is 13.8. The van der Waals surface area contributed by atoms with Gasteiger partial charge in [0, 0.05) is 108 Å². The zero-order valence-corrected chi connectivity index (χ0v) is 35.8. The van der Waals surface area contributed by atoms with Crippen molar-refractivity contribution in [3.05, 3.63) is 206 Å². The first kappa shape index (κ1) is 35.7. The van der Waals surface area contributed by atoms with Gasteiger partial charge in [0.25, 0.3) is 0 Å². The van der Waals surface area contributed by atoms with E-state index in [1.165, 1.54) is 40.3 Å². The summed E-state index contributed by atoms with van der Waals surface area (Å²) in [5, 5.41) is 11.7. The molecule has 0 saturated heterocycles. The van der Waals surface area contributed by atoms with Crippen molar-refractivity contribution < 1.29 is 8.83 Å². The first-order valence-electron chi connectivity index (χ1n) is 21.5. The summed E-state index contributed by atoms with van der Waals surface area (Å²) in [6.45, 7) is 0. The molecule has 10 aromatic carbocycles. The Balaban J connectivity index is 0.858. The molecule has 0 bridgehead atoms. The van der Waals surface area contributed by atoms with Crippen LogP contribution in [-0.2, 0) is 0 Å². The molecular formula is C58H34N2O2S2. The zero-order valence-electron chi connectivity index (χ0n) is 34.2. The van der Waals surface area contributed by atoms with E-state index in [0.29, 0.717) is 0 Å². The molecule has 4 aromatic heterocycles. The van der Waals surface area contributed by atoms with E-state index in [1.807, 2.05) is 22.7 Å². The molecule has 0 radical (unpaired) electrons. The first-order valence-corrected chi connectivity index (χ1v) is 23.1. The number of fused-ring (bicyclic) bond motifs is 13. The van der Waals surface area contributed by atoms with E-state index < -0.39 is 0 Å². The van der Waals surface area contributed by atoms with Crippen LogP contribution in [0.1, 0.15) is 0 Å². The van der Waals surface area contributed by atoms with Gasteiger partial charge in [-0.15, -0.1) is 22.7 Å². The monoisotopic (exact) mass is 854 g/mol. The number of rotatable bonds is 6. The highest BCUT2D eigenvalue weighted by atomic mass is 32.1. The van der Waals surface area contributed by atoms with Crippen molar-refractivity contribution in [2.75, 3.05) is 9.80 Å². The van der Waals surface area contributed by atoms with Gasteiger partial charge in [0.2, 0.25) is 0 Å². The molecule has 300 valence electrons. The van der Waals surface area contributed by atoms with E-state index in [1.54, 1.807) is 0 Å². The SMILES string of the molecule is c1ccc(N(c2ccc3c(c2)oc2cc4cc5oc6cc(N(c7ccccc7)c7ccc8c(c7)sc7ccccc78)ccc6c5cc4cc23)c2ccc3c(c2)sc2ccccc23)cc1. The lowest BCUT2D eigenvalue weighted by Gasteiger charge is -2.25. The molecule has 4 heterocycles. The molecule has 0 aliphatic heterocycles. The predicted octanol–water partition coefficient (Wildman–Crippen LogP) is 18.3. The Hall–Kier alpha value is -7.90. The summed E-state index contributed by atoms with van der Waals surface area (Å²) in [5.74, 6) is 0. The molecule has 0 amide bonds. The minimum atomic E-state index is 0.850.